The zero-order valence-electron chi connectivity index (χ0n) is 14.9. The molecular formula is C18H24ClF2N3O3. The van der Waals surface area contributed by atoms with Crippen LogP contribution in [0.25, 0.3) is 0 Å². The molecule has 0 aliphatic carbocycles. The number of amides is 2. The van der Waals surface area contributed by atoms with Gasteiger partial charge in [-0.05, 0) is 31.5 Å². The summed E-state index contributed by atoms with van der Waals surface area (Å²) in [5.74, 6) is -0.344. The van der Waals surface area contributed by atoms with Crippen LogP contribution in [0.4, 0.5) is 8.78 Å². The fraction of sp³-hybridized carbons (Fsp3) is 0.556. The minimum Gasteiger partial charge on any atom is -0.434 e. The number of carbonyl (C=O) groups is 2. The van der Waals surface area contributed by atoms with Crippen LogP contribution in [0.1, 0.15) is 23.2 Å². The number of nitrogens with zero attached hydrogens (tertiary/aromatic N) is 2. The van der Waals surface area contributed by atoms with Crippen molar-refractivity contribution in [2.24, 2.45) is 5.92 Å². The largest absolute Gasteiger partial charge is 0.434 e. The lowest BCUT2D eigenvalue weighted by molar-refractivity contribution is -0.137. The van der Waals surface area contributed by atoms with Crippen molar-refractivity contribution in [1.29, 1.82) is 0 Å². The Bertz CT molecular complexity index is 648. The number of alkyl halides is 2. The van der Waals surface area contributed by atoms with Gasteiger partial charge >= 0.3 is 6.61 Å². The summed E-state index contributed by atoms with van der Waals surface area (Å²) in [6, 6.07) is 5.99. The highest BCUT2D eigenvalue weighted by Gasteiger charge is 2.30. The molecule has 1 N–H and O–H groups in total. The van der Waals surface area contributed by atoms with Gasteiger partial charge in [-0.2, -0.15) is 8.78 Å². The van der Waals surface area contributed by atoms with Crippen LogP contribution >= 0.6 is 12.4 Å². The Hall–Kier alpha value is -1.93. The number of ether oxygens (including phenoxy) is 1. The molecule has 2 amide bonds. The van der Waals surface area contributed by atoms with Crippen molar-refractivity contribution in [3.63, 3.8) is 0 Å². The molecule has 2 aliphatic rings. The van der Waals surface area contributed by atoms with E-state index in [2.05, 4.69) is 10.1 Å². The van der Waals surface area contributed by atoms with E-state index in [0.717, 1.165) is 19.4 Å². The second-order valence-corrected chi connectivity index (χ2v) is 6.54. The summed E-state index contributed by atoms with van der Waals surface area (Å²) in [4.78, 5) is 28.6. The maximum atomic E-state index is 12.7. The van der Waals surface area contributed by atoms with Crippen molar-refractivity contribution in [2.45, 2.75) is 19.5 Å². The zero-order valence-corrected chi connectivity index (χ0v) is 15.7. The molecule has 3 rings (SSSR count). The predicted molar refractivity (Wildman–Crippen MR) is 98.4 cm³/mol. The zero-order chi connectivity index (χ0) is 18.5. The lowest BCUT2D eigenvalue weighted by atomic mass is 9.98. The third-order valence-electron chi connectivity index (χ3n) is 4.86. The molecule has 1 atom stereocenters. The van der Waals surface area contributed by atoms with Crippen LogP contribution in [0.15, 0.2) is 24.3 Å². The second-order valence-electron chi connectivity index (χ2n) is 6.54. The fourth-order valence-corrected chi connectivity index (χ4v) is 3.46. The van der Waals surface area contributed by atoms with E-state index in [0.29, 0.717) is 32.7 Å². The van der Waals surface area contributed by atoms with Gasteiger partial charge in [0.2, 0.25) is 5.91 Å². The Morgan fingerprint density at radius 2 is 1.78 bits per heavy atom. The Morgan fingerprint density at radius 1 is 1.11 bits per heavy atom. The smallest absolute Gasteiger partial charge is 0.387 e. The maximum absolute atomic E-state index is 12.7. The molecule has 2 saturated heterocycles. The van der Waals surface area contributed by atoms with E-state index in [4.69, 9.17) is 0 Å². The van der Waals surface area contributed by atoms with Gasteiger partial charge in [-0.15, -0.1) is 12.4 Å². The van der Waals surface area contributed by atoms with Gasteiger partial charge in [0.25, 0.3) is 5.91 Å². The average Bonchev–Trinajstić information content (AvgIpc) is 2.68. The average molecular weight is 404 g/mol. The van der Waals surface area contributed by atoms with E-state index in [1.54, 1.807) is 21.9 Å². The number of nitrogens with one attached hydrogen (secondary N) is 1. The number of carbonyl (C=O) groups excluding carboxylic acids is 2. The molecular weight excluding hydrogens is 380 g/mol. The first-order valence-corrected chi connectivity index (χ1v) is 8.89. The monoisotopic (exact) mass is 403 g/mol. The number of hydrogen-bond donors (Lipinski definition) is 1. The highest BCUT2D eigenvalue weighted by atomic mass is 35.5. The first kappa shape index (κ1) is 21.4. The summed E-state index contributed by atoms with van der Waals surface area (Å²) in [5.41, 5.74) is 0.115. The van der Waals surface area contributed by atoms with Crippen molar-refractivity contribution < 1.29 is 23.1 Å². The quantitative estimate of drug-likeness (QED) is 0.835. The summed E-state index contributed by atoms with van der Waals surface area (Å²) in [6.07, 6.45) is 1.89. The molecule has 0 spiro atoms. The fourth-order valence-electron chi connectivity index (χ4n) is 3.46. The van der Waals surface area contributed by atoms with Crippen molar-refractivity contribution in [1.82, 2.24) is 15.1 Å². The number of benzene rings is 1. The number of piperidine rings is 1. The van der Waals surface area contributed by atoms with E-state index in [9.17, 15) is 18.4 Å². The summed E-state index contributed by atoms with van der Waals surface area (Å²) in [6.45, 7) is 0.351. The Labute approximate surface area is 163 Å². The molecule has 150 valence electrons. The van der Waals surface area contributed by atoms with Crippen LogP contribution < -0.4 is 10.1 Å². The third-order valence-corrected chi connectivity index (χ3v) is 4.86. The molecule has 6 nitrogen and oxygen atoms in total. The Balaban J connectivity index is 0.00000261. The van der Waals surface area contributed by atoms with E-state index < -0.39 is 6.61 Å². The number of piperazine rings is 1. The molecule has 27 heavy (non-hydrogen) atoms. The van der Waals surface area contributed by atoms with Crippen molar-refractivity contribution >= 4 is 24.2 Å². The SMILES string of the molecule is Cl.O=C(c1ccccc1OC(F)F)N1CCN(C(=O)C2CCCNC2)CC1. The molecule has 1 unspecified atom stereocenters. The van der Waals surface area contributed by atoms with Crippen LogP contribution in [0, 0.1) is 5.92 Å². The minimum atomic E-state index is -2.98. The van der Waals surface area contributed by atoms with Crippen LogP contribution in [0.5, 0.6) is 5.75 Å². The maximum Gasteiger partial charge on any atom is 0.387 e. The van der Waals surface area contributed by atoms with E-state index in [1.165, 1.54) is 12.1 Å². The van der Waals surface area contributed by atoms with E-state index in [-0.39, 0.29) is 41.5 Å². The molecule has 2 fully saturated rings. The summed E-state index contributed by atoms with van der Waals surface area (Å²) < 4.78 is 29.5. The molecule has 0 radical (unpaired) electrons. The number of hydrogen-bond acceptors (Lipinski definition) is 4. The lowest BCUT2D eigenvalue weighted by Gasteiger charge is -2.37. The van der Waals surface area contributed by atoms with Gasteiger partial charge in [0.15, 0.2) is 0 Å². The van der Waals surface area contributed by atoms with Gasteiger partial charge in [0.1, 0.15) is 5.75 Å². The number of halogens is 3. The van der Waals surface area contributed by atoms with Crippen molar-refractivity contribution in [3.05, 3.63) is 29.8 Å². The van der Waals surface area contributed by atoms with Gasteiger partial charge in [0.05, 0.1) is 11.5 Å². The number of para-hydroxylation sites is 1. The lowest BCUT2D eigenvalue weighted by Crippen LogP contribution is -2.53. The van der Waals surface area contributed by atoms with Crippen LogP contribution in [0.2, 0.25) is 0 Å². The van der Waals surface area contributed by atoms with E-state index >= 15 is 0 Å². The van der Waals surface area contributed by atoms with Gasteiger partial charge in [0, 0.05) is 32.7 Å². The molecule has 0 saturated carbocycles. The van der Waals surface area contributed by atoms with Crippen molar-refractivity contribution in [2.75, 3.05) is 39.3 Å². The standard InChI is InChI=1S/C18H23F2N3O3.ClH/c19-18(20)26-15-6-2-1-5-14(15)17(25)23-10-8-22(9-11-23)16(24)13-4-3-7-21-12-13;/h1-2,5-6,13,18,21H,3-4,7-12H2;1H. The van der Waals surface area contributed by atoms with Crippen LogP contribution in [-0.4, -0.2) is 67.5 Å². The van der Waals surface area contributed by atoms with Crippen LogP contribution in [-0.2, 0) is 4.79 Å². The summed E-state index contributed by atoms with van der Waals surface area (Å²) in [5, 5.41) is 3.24. The molecule has 9 heteroatoms. The highest BCUT2D eigenvalue weighted by Crippen LogP contribution is 2.23. The summed E-state index contributed by atoms with van der Waals surface area (Å²) >= 11 is 0. The van der Waals surface area contributed by atoms with Gasteiger partial charge in [-0.1, -0.05) is 12.1 Å². The normalized spacial score (nSPS) is 20.2. The molecule has 0 bridgehead atoms. The topological polar surface area (TPSA) is 61.9 Å². The number of rotatable bonds is 4. The van der Waals surface area contributed by atoms with Crippen molar-refractivity contribution in [3.8, 4) is 5.75 Å². The molecule has 0 aromatic heterocycles. The Morgan fingerprint density at radius 3 is 2.41 bits per heavy atom. The predicted octanol–water partition coefficient (Wildman–Crippen LogP) is 1.99. The second kappa shape index (κ2) is 9.85. The molecule has 1 aromatic carbocycles. The Kier molecular flexibility index (Phi) is 7.79. The van der Waals surface area contributed by atoms with Gasteiger partial charge in [-0.3, -0.25) is 9.59 Å². The molecule has 2 aliphatic heterocycles. The van der Waals surface area contributed by atoms with Gasteiger partial charge < -0.3 is 19.9 Å². The molecule has 2 heterocycles. The minimum absolute atomic E-state index is 0. The first-order chi connectivity index (χ1) is 12.6. The van der Waals surface area contributed by atoms with E-state index in [1.807, 2.05) is 0 Å². The molecule has 1 aromatic rings. The highest BCUT2D eigenvalue weighted by molar-refractivity contribution is 5.97. The third kappa shape index (κ3) is 5.29. The van der Waals surface area contributed by atoms with Gasteiger partial charge in [-0.25, -0.2) is 0 Å². The van der Waals surface area contributed by atoms with Crippen LogP contribution in [0.3, 0.4) is 0 Å². The first-order valence-electron chi connectivity index (χ1n) is 8.89. The summed E-state index contributed by atoms with van der Waals surface area (Å²) in [7, 11) is 0.